The minimum absolute atomic E-state index is 0.166. The number of hydrogen-bond donors (Lipinski definition) is 1. The lowest BCUT2D eigenvalue weighted by molar-refractivity contribution is -0.0494. The van der Waals surface area contributed by atoms with Gasteiger partial charge in [-0.15, -0.1) is 0 Å². The molecule has 1 aliphatic carbocycles. The monoisotopic (exact) mass is 285 g/mol. The Balaban J connectivity index is 2.10. The zero-order valence-electron chi connectivity index (χ0n) is 11.9. The average molecular weight is 285 g/mol. The number of ether oxygens (including phenoxy) is 2. The highest BCUT2D eigenvalue weighted by molar-refractivity contribution is 5.60. The molecule has 0 aromatic heterocycles. The molecule has 2 rings (SSSR count). The molecule has 1 aromatic carbocycles. The van der Waals surface area contributed by atoms with E-state index in [-0.39, 0.29) is 5.75 Å². The summed E-state index contributed by atoms with van der Waals surface area (Å²) in [6.45, 7) is -0.581. The number of rotatable bonds is 5. The third-order valence-electron chi connectivity index (χ3n) is 3.78. The van der Waals surface area contributed by atoms with Gasteiger partial charge in [-0.25, -0.2) is 0 Å². The van der Waals surface area contributed by atoms with Crippen molar-refractivity contribution in [3.05, 3.63) is 18.2 Å². The Morgan fingerprint density at radius 1 is 1.20 bits per heavy atom. The molecule has 0 saturated heterocycles. The summed E-state index contributed by atoms with van der Waals surface area (Å²) in [4.78, 5) is 0. The van der Waals surface area contributed by atoms with E-state index in [0.717, 1.165) is 31.6 Å². The van der Waals surface area contributed by atoms with Crippen molar-refractivity contribution in [2.45, 2.75) is 45.3 Å². The summed E-state index contributed by atoms with van der Waals surface area (Å²) in [5.41, 5.74) is 0.573. The lowest BCUT2D eigenvalue weighted by atomic mass is 9.87. The molecule has 1 N–H and O–H groups in total. The van der Waals surface area contributed by atoms with Crippen LogP contribution in [0.5, 0.6) is 11.5 Å². The normalized spacial score (nSPS) is 22.6. The fraction of sp³-hybridized carbons (Fsp3) is 0.600. The van der Waals surface area contributed by atoms with Gasteiger partial charge in [-0.3, -0.25) is 0 Å². The van der Waals surface area contributed by atoms with E-state index >= 15 is 0 Å². The molecule has 3 nitrogen and oxygen atoms in total. The number of hydrogen-bond acceptors (Lipinski definition) is 3. The van der Waals surface area contributed by atoms with E-state index in [1.165, 1.54) is 6.07 Å². The molecule has 0 radical (unpaired) electrons. The summed E-state index contributed by atoms with van der Waals surface area (Å²) in [5.74, 6) is 1.54. The standard InChI is InChI=1S/C15H21F2NO2/c1-10-3-5-11(6-4-10)18-13-9-12(19-2)7-8-14(13)20-15(16)17/h7-11,15,18H,3-6H2,1-2H3. The van der Waals surface area contributed by atoms with E-state index < -0.39 is 6.61 Å². The molecule has 1 saturated carbocycles. The quantitative estimate of drug-likeness (QED) is 0.875. The summed E-state index contributed by atoms with van der Waals surface area (Å²) < 4.78 is 34.6. The molecule has 1 fully saturated rings. The SMILES string of the molecule is COc1ccc(OC(F)F)c(NC2CCC(C)CC2)c1. The summed E-state index contributed by atoms with van der Waals surface area (Å²) in [5, 5.41) is 3.31. The van der Waals surface area contributed by atoms with E-state index in [9.17, 15) is 8.78 Å². The maximum atomic E-state index is 12.4. The van der Waals surface area contributed by atoms with Gasteiger partial charge in [0.05, 0.1) is 12.8 Å². The smallest absolute Gasteiger partial charge is 0.387 e. The third kappa shape index (κ3) is 3.99. The predicted octanol–water partition coefficient (Wildman–Crippen LogP) is 4.29. The first-order valence-corrected chi connectivity index (χ1v) is 6.98. The van der Waals surface area contributed by atoms with Crippen LogP contribution in [0.1, 0.15) is 32.6 Å². The Labute approximate surface area is 118 Å². The van der Waals surface area contributed by atoms with Gasteiger partial charge in [-0.05, 0) is 43.7 Å². The van der Waals surface area contributed by atoms with Crippen LogP contribution in [0, 0.1) is 5.92 Å². The highest BCUT2D eigenvalue weighted by Gasteiger charge is 2.20. The maximum Gasteiger partial charge on any atom is 0.387 e. The van der Waals surface area contributed by atoms with Gasteiger partial charge in [0.25, 0.3) is 0 Å². The number of methoxy groups -OCH3 is 1. The van der Waals surface area contributed by atoms with E-state index in [1.54, 1.807) is 19.2 Å². The van der Waals surface area contributed by atoms with Gasteiger partial charge in [0.2, 0.25) is 0 Å². The van der Waals surface area contributed by atoms with Gasteiger partial charge < -0.3 is 14.8 Å². The minimum Gasteiger partial charge on any atom is -0.497 e. The van der Waals surface area contributed by atoms with Crippen molar-refractivity contribution in [1.29, 1.82) is 0 Å². The second-order valence-electron chi connectivity index (χ2n) is 5.34. The van der Waals surface area contributed by atoms with Crippen molar-refractivity contribution in [2.75, 3.05) is 12.4 Å². The third-order valence-corrected chi connectivity index (χ3v) is 3.78. The first kappa shape index (κ1) is 14.9. The van der Waals surface area contributed by atoms with Crippen LogP contribution in [0.15, 0.2) is 18.2 Å². The highest BCUT2D eigenvalue weighted by Crippen LogP contribution is 2.33. The minimum atomic E-state index is -2.82. The molecule has 0 spiro atoms. The van der Waals surface area contributed by atoms with Crippen LogP contribution in [0.3, 0.4) is 0 Å². The maximum absolute atomic E-state index is 12.4. The Morgan fingerprint density at radius 3 is 2.50 bits per heavy atom. The van der Waals surface area contributed by atoms with Crippen LogP contribution in [-0.2, 0) is 0 Å². The zero-order chi connectivity index (χ0) is 14.5. The van der Waals surface area contributed by atoms with Gasteiger partial charge in [-0.2, -0.15) is 8.78 Å². The number of benzene rings is 1. The van der Waals surface area contributed by atoms with Crippen LogP contribution in [0.2, 0.25) is 0 Å². The van der Waals surface area contributed by atoms with Crippen LogP contribution in [0.25, 0.3) is 0 Å². The number of alkyl halides is 2. The summed E-state index contributed by atoms with van der Waals surface area (Å²) in [6.07, 6.45) is 4.42. The number of nitrogens with one attached hydrogen (secondary N) is 1. The molecule has 0 aliphatic heterocycles. The molecular formula is C15H21F2NO2. The largest absolute Gasteiger partial charge is 0.497 e. The number of anilines is 1. The Bertz CT molecular complexity index is 432. The fourth-order valence-electron chi connectivity index (χ4n) is 2.57. The molecule has 0 bridgehead atoms. The molecule has 20 heavy (non-hydrogen) atoms. The lowest BCUT2D eigenvalue weighted by Gasteiger charge is -2.28. The second kappa shape index (κ2) is 6.77. The highest BCUT2D eigenvalue weighted by atomic mass is 19.3. The Morgan fingerprint density at radius 2 is 1.90 bits per heavy atom. The molecule has 0 unspecified atom stereocenters. The summed E-state index contributed by atoms with van der Waals surface area (Å²) >= 11 is 0. The zero-order valence-corrected chi connectivity index (χ0v) is 11.9. The van der Waals surface area contributed by atoms with Gasteiger partial charge in [0.15, 0.2) is 0 Å². The van der Waals surface area contributed by atoms with E-state index in [0.29, 0.717) is 17.5 Å². The van der Waals surface area contributed by atoms with Crippen LogP contribution < -0.4 is 14.8 Å². The van der Waals surface area contributed by atoms with Gasteiger partial charge in [0.1, 0.15) is 11.5 Å². The lowest BCUT2D eigenvalue weighted by Crippen LogP contribution is -2.25. The molecule has 1 aliphatic rings. The van der Waals surface area contributed by atoms with E-state index in [2.05, 4.69) is 17.0 Å². The van der Waals surface area contributed by atoms with Gasteiger partial charge in [0, 0.05) is 12.1 Å². The van der Waals surface area contributed by atoms with Crippen molar-refractivity contribution >= 4 is 5.69 Å². The number of halogens is 2. The van der Waals surface area contributed by atoms with Crippen LogP contribution >= 0.6 is 0 Å². The molecule has 0 heterocycles. The van der Waals surface area contributed by atoms with Crippen molar-refractivity contribution in [3.8, 4) is 11.5 Å². The Kier molecular flexibility index (Phi) is 5.04. The van der Waals surface area contributed by atoms with Crippen molar-refractivity contribution < 1.29 is 18.3 Å². The topological polar surface area (TPSA) is 30.5 Å². The molecule has 1 aromatic rings. The van der Waals surface area contributed by atoms with E-state index in [4.69, 9.17) is 4.74 Å². The Hall–Kier alpha value is -1.52. The predicted molar refractivity (Wildman–Crippen MR) is 74.7 cm³/mol. The van der Waals surface area contributed by atoms with Crippen molar-refractivity contribution in [3.63, 3.8) is 0 Å². The summed E-state index contributed by atoms with van der Waals surface area (Å²) in [6, 6.07) is 5.14. The first-order chi connectivity index (χ1) is 9.58. The summed E-state index contributed by atoms with van der Waals surface area (Å²) in [7, 11) is 1.55. The van der Waals surface area contributed by atoms with Crippen molar-refractivity contribution in [1.82, 2.24) is 0 Å². The first-order valence-electron chi connectivity index (χ1n) is 6.98. The molecule has 0 amide bonds. The van der Waals surface area contributed by atoms with Crippen LogP contribution in [0.4, 0.5) is 14.5 Å². The molecule has 5 heteroatoms. The van der Waals surface area contributed by atoms with Gasteiger partial charge >= 0.3 is 6.61 Å². The second-order valence-corrected chi connectivity index (χ2v) is 5.34. The average Bonchev–Trinajstić information content (AvgIpc) is 2.42. The fourth-order valence-corrected chi connectivity index (χ4v) is 2.57. The van der Waals surface area contributed by atoms with E-state index in [1.807, 2.05) is 0 Å². The van der Waals surface area contributed by atoms with Gasteiger partial charge in [-0.1, -0.05) is 6.92 Å². The molecule has 0 atom stereocenters. The molecular weight excluding hydrogens is 264 g/mol. The van der Waals surface area contributed by atoms with Crippen molar-refractivity contribution in [2.24, 2.45) is 5.92 Å². The molecule has 112 valence electrons. The van der Waals surface area contributed by atoms with Crippen LogP contribution in [-0.4, -0.2) is 19.8 Å².